The highest BCUT2D eigenvalue weighted by Gasteiger charge is 2.27. The molecule has 0 saturated heterocycles. The number of hydrogen-bond acceptors (Lipinski definition) is 6. The van der Waals surface area contributed by atoms with Gasteiger partial charge in [0.2, 0.25) is 5.91 Å². The molecule has 0 spiro atoms. The lowest BCUT2D eigenvalue weighted by atomic mass is 10.2. The summed E-state index contributed by atoms with van der Waals surface area (Å²) in [6.45, 7) is 1.54. The van der Waals surface area contributed by atoms with Crippen molar-refractivity contribution in [2.75, 3.05) is 11.9 Å². The zero-order valence-electron chi connectivity index (χ0n) is 14.1. The fourth-order valence-corrected chi connectivity index (χ4v) is 4.35. The van der Waals surface area contributed by atoms with E-state index in [1.807, 2.05) is 17.5 Å². The third-order valence-corrected chi connectivity index (χ3v) is 6.17. The van der Waals surface area contributed by atoms with E-state index in [4.69, 9.17) is 9.97 Å². The summed E-state index contributed by atoms with van der Waals surface area (Å²) in [7, 11) is 1.75. The van der Waals surface area contributed by atoms with Crippen molar-refractivity contribution in [3.05, 3.63) is 41.2 Å². The van der Waals surface area contributed by atoms with E-state index in [2.05, 4.69) is 17.1 Å². The zero-order valence-corrected chi connectivity index (χ0v) is 15.7. The number of aromatic nitrogens is 3. The monoisotopic (exact) mass is 370 g/mol. The molecule has 1 aliphatic carbocycles. The van der Waals surface area contributed by atoms with Crippen molar-refractivity contribution in [3.63, 3.8) is 0 Å². The SMILES string of the molecule is CC(=O)N(C)c1nc(CSc2nc(C3CC3)nc3ccccc23)cs1. The summed E-state index contributed by atoms with van der Waals surface area (Å²) >= 11 is 3.18. The second kappa shape index (κ2) is 6.72. The van der Waals surface area contributed by atoms with Crippen LogP contribution in [-0.4, -0.2) is 27.9 Å². The summed E-state index contributed by atoms with van der Waals surface area (Å²) in [4.78, 5) is 27.1. The van der Waals surface area contributed by atoms with Crippen LogP contribution in [-0.2, 0) is 10.5 Å². The zero-order chi connectivity index (χ0) is 17.4. The van der Waals surface area contributed by atoms with Crippen molar-refractivity contribution >= 4 is 45.0 Å². The Kier molecular flexibility index (Phi) is 4.43. The first kappa shape index (κ1) is 16.5. The van der Waals surface area contributed by atoms with Gasteiger partial charge in [-0.15, -0.1) is 11.3 Å². The number of carbonyl (C=O) groups excluding carboxylic acids is 1. The van der Waals surface area contributed by atoms with Crippen molar-refractivity contribution in [1.29, 1.82) is 0 Å². The van der Waals surface area contributed by atoms with Gasteiger partial charge in [0, 0.05) is 36.4 Å². The first-order valence-electron chi connectivity index (χ1n) is 8.20. The van der Waals surface area contributed by atoms with Gasteiger partial charge < -0.3 is 0 Å². The summed E-state index contributed by atoms with van der Waals surface area (Å²) in [5.74, 6) is 2.22. The molecule has 1 aromatic carbocycles. The Labute approximate surface area is 154 Å². The van der Waals surface area contributed by atoms with E-state index in [0.717, 1.165) is 38.3 Å². The molecule has 0 aliphatic heterocycles. The van der Waals surface area contributed by atoms with Crippen LogP contribution in [0, 0.1) is 0 Å². The molecule has 128 valence electrons. The highest BCUT2D eigenvalue weighted by molar-refractivity contribution is 7.98. The maximum atomic E-state index is 11.5. The molecule has 0 atom stereocenters. The van der Waals surface area contributed by atoms with E-state index in [9.17, 15) is 4.79 Å². The Bertz CT molecular complexity index is 936. The first-order valence-corrected chi connectivity index (χ1v) is 10.1. The first-order chi connectivity index (χ1) is 12.1. The summed E-state index contributed by atoms with van der Waals surface area (Å²) in [6, 6.07) is 8.17. The van der Waals surface area contributed by atoms with Crippen molar-refractivity contribution in [1.82, 2.24) is 15.0 Å². The van der Waals surface area contributed by atoms with Gasteiger partial charge in [-0.1, -0.05) is 30.0 Å². The molecule has 1 amide bonds. The van der Waals surface area contributed by atoms with Gasteiger partial charge in [0.05, 0.1) is 11.2 Å². The second-order valence-corrected chi connectivity index (χ2v) is 7.97. The van der Waals surface area contributed by atoms with Gasteiger partial charge in [0.25, 0.3) is 0 Å². The van der Waals surface area contributed by atoms with Gasteiger partial charge in [-0.2, -0.15) is 0 Å². The van der Waals surface area contributed by atoms with Gasteiger partial charge >= 0.3 is 0 Å². The van der Waals surface area contributed by atoms with Crippen LogP contribution in [0.2, 0.25) is 0 Å². The number of para-hydroxylation sites is 1. The highest BCUT2D eigenvalue weighted by Crippen LogP contribution is 2.40. The van der Waals surface area contributed by atoms with E-state index in [1.165, 1.54) is 24.2 Å². The smallest absolute Gasteiger partial charge is 0.225 e. The minimum Gasteiger partial charge on any atom is -0.292 e. The number of thioether (sulfide) groups is 1. The van der Waals surface area contributed by atoms with Crippen LogP contribution in [0.5, 0.6) is 0 Å². The summed E-state index contributed by atoms with van der Waals surface area (Å²) in [5, 5.41) is 4.84. The van der Waals surface area contributed by atoms with E-state index in [0.29, 0.717) is 5.92 Å². The normalized spacial score (nSPS) is 14.0. The third-order valence-electron chi connectivity index (χ3n) is 4.18. The van der Waals surface area contributed by atoms with Gasteiger partial charge in [-0.05, 0) is 18.9 Å². The summed E-state index contributed by atoms with van der Waals surface area (Å²) in [6.07, 6.45) is 2.38. The lowest BCUT2D eigenvalue weighted by molar-refractivity contribution is -0.116. The summed E-state index contributed by atoms with van der Waals surface area (Å²) in [5.41, 5.74) is 1.98. The number of hydrogen-bond donors (Lipinski definition) is 0. The van der Waals surface area contributed by atoms with Crippen molar-refractivity contribution in [3.8, 4) is 0 Å². The van der Waals surface area contributed by atoms with Crippen molar-refractivity contribution < 1.29 is 4.79 Å². The maximum absolute atomic E-state index is 11.5. The average Bonchev–Trinajstić information content (AvgIpc) is 3.37. The van der Waals surface area contributed by atoms with Gasteiger partial charge in [0.15, 0.2) is 5.13 Å². The topological polar surface area (TPSA) is 59.0 Å². The average molecular weight is 371 g/mol. The minimum atomic E-state index is -0.00979. The minimum absolute atomic E-state index is 0.00979. The molecule has 2 heterocycles. The molecule has 2 aromatic heterocycles. The molecular weight excluding hydrogens is 352 g/mol. The Morgan fingerprint density at radius 2 is 2.08 bits per heavy atom. The number of nitrogens with zero attached hydrogens (tertiary/aromatic N) is 4. The third kappa shape index (κ3) is 3.52. The predicted molar refractivity (Wildman–Crippen MR) is 102 cm³/mol. The standard InChI is InChI=1S/C18H18N4OS2/c1-11(23)22(2)18-19-13(10-25-18)9-24-17-14-5-3-4-6-15(14)20-16(21-17)12-7-8-12/h3-6,10,12H,7-9H2,1-2H3. The molecule has 7 heteroatoms. The quantitative estimate of drug-likeness (QED) is 0.497. The number of carbonyl (C=O) groups is 1. The van der Waals surface area contributed by atoms with Gasteiger partial charge in [-0.3, -0.25) is 9.69 Å². The number of anilines is 1. The van der Waals surface area contributed by atoms with Crippen LogP contribution >= 0.6 is 23.1 Å². The molecule has 5 nitrogen and oxygen atoms in total. The Morgan fingerprint density at radius 3 is 2.84 bits per heavy atom. The highest BCUT2D eigenvalue weighted by atomic mass is 32.2. The molecule has 1 saturated carbocycles. The van der Waals surface area contributed by atoms with Crippen LogP contribution in [0.15, 0.2) is 34.7 Å². The van der Waals surface area contributed by atoms with Gasteiger partial charge in [-0.25, -0.2) is 15.0 Å². The molecule has 0 radical (unpaired) electrons. The van der Waals surface area contributed by atoms with Crippen LogP contribution in [0.1, 0.15) is 37.2 Å². The molecule has 4 rings (SSSR count). The van der Waals surface area contributed by atoms with Crippen LogP contribution in [0.25, 0.3) is 10.9 Å². The number of amides is 1. The van der Waals surface area contributed by atoms with Crippen molar-refractivity contribution in [2.24, 2.45) is 0 Å². The fourth-order valence-electron chi connectivity index (χ4n) is 2.49. The molecule has 1 fully saturated rings. The van der Waals surface area contributed by atoms with Crippen LogP contribution in [0.3, 0.4) is 0 Å². The number of benzene rings is 1. The number of thiazole rings is 1. The van der Waals surface area contributed by atoms with E-state index in [-0.39, 0.29) is 5.91 Å². The second-order valence-electron chi connectivity index (χ2n) is 6.17. The molecule has 25 heavy (non-hydrogen) atoms. The maximum Gasteiger partial charge on any atom is 0.225 e. The van der Waals surface area contributed by atoms with Gasteiger partial charge in [0.1, 0.15) is 10.9 Å². The summed E-state index contributed by atoms with van der Waals surface area (Å²) < 4.78 is 0. The number of rotatable bonds is 5. The predicted octanol–water partition coefficient (Wildman–Crippen LogP) is 4.24. The number of fused-ring (bicyclic) bond motifs is 1. The van der Waals surface area contributed by atoms with E-state index in [1.54, 1.807) is 30.6 Å². The molecule has 0 bridgehead atoms. The molecule has 0 N–H and O–H groups in total. The Hall–Kier alpha value is -1.99. The lowest BCUT2D eigenvalue weighted by Gasteiger charge is -2.09. The largest absolute Gasteiger partial charge is 0.292 e. The molecule has 1 aliphatic rings. The Balaban J connectivity index is 1.57. The van der Waals surface area contributed by atoms with Crippen LogP contribution in [0.4, 0.5) is 5.13 Å². The van der Waals surface area contributed by atoms with E-state index >= 15 is 0 Å². The molecular formula is C18H18N4OS2. The Morgan fingerprint density at radius 1 is 1.28 bits per heavy atom. The van der Waals surface area contributed by atoms with E-state index < -0.39 is 0 Å². The lowest BCUT2D eigenvalue weighted by Crippen LogP contribution is -2.22. The fraction of sp³-hybridized carbons (Fsp3) is 0.333. The van der Waals surface area contributed by atoms with Crippen LogP contribution < -0.4 is 4.90 Å². The molecule has 3 aromatic rings. The molecule has 0 unspecified atom stereocenters. The van der Waals surface area contributed by atoms with Crippen molar-refractivity contribution in [2.45, 2.75) is 36.5 Å².